The molecule has 0 aromatic heterocycles. The van der Waals surface area contributed by atoms with Crippen LogP contribution in [0.25, 0.3) is 6.08 Å². The Balaban J connectivity index is 1.49. The standard InChI is InChI=1S/C24H25ClN2O4S/c1-15-10-18(6-7-20(15)25)31-14-17-11-16(5-8-22(17)29-2)12-21-23(28)27(24(32)26-21)13-19-4-3-9-30-19/h5-8,10-12,19H,3-4,9,13-14H2,1-2H3,(H,26,32)/b21-12+. The second kappa shape index (κ2) is 9.90. The van der Waals surface area contributed by atoms with Gasteiger partial charge in [-0.15, -0.1) is 0 Å². The number of nitrogens with zero attached hydrogens (tertiary/aromatic N) is 1. The minimum absolute atomic E-state index is 0.0410. The van der Waals surface area contributed by atoms with Gasteiger partial charge in [-0.05, 0) is 79.5 Å². The fourth-order valence-electron chi connectivity index (χ4n) is 3.77. The molecule has 168 valence electrons. The lowest BCUT2D eigenvalue weighted by Gasteiger charge is -2.18. The maximum absolute atomic E-state index is 12.9. The lowest BCUT2D eigenvalue weighted by Crippen LogP contribution is -2.37. The fourth-order valence-corrected chi connectivity index (χ4v) is 4.15. The van der Waals surface area contributed by atoms with Crippen LogP contribution in [0.5, 0.6) is 11.5 Å². The summed E-state index contributed by atoms with van der Waals surface area (Å²) in [5, 5.41) is 4.14. The van der Waals surface area contributed by atoms with Crippen LogP contribution in [0.3, 0.4) is 0 Å². The Morgan fingerprint density at radius 3 is 2.88 bits per heavy atom. The highest BCUT2D eigenvalue weighted by atomic mass is 35.5. The van der Waals surface area contributed by atoms with Crippen LogP contribution in [-0.4, -0.2) is 42.3 Å². The van der Waals surface area contributed by atoms with Gasteiger partial charge in [-0.3, -0.25) is 9.69 Å². The van der Waals surface area contributed by atoms with E-state index in [4.69, 9.17) is 38.0 Å². The topological polar surface area (TPSA) is 60.0 Å². The number of hydrogen-bond donors (Lipinski definition) is 1. The van der Waals surface area contributed by atoms with Gasteiger partial charge in [0.25, 0.3) is 5.91 Å². The normalized spacial score (nSPS) is 19.5. The molecule has 0 spiro atoms. The summed E-state index contributed by atoms with van der Waals surface area (Å²) >= 11 is 11.5. The van der Waals surface area contributed by atoms with Gasteiger partial charge in [0.2, 0.25) is 0 Å². The molecule has 2 aromatic carbocycles. The highest BCUT2D eigenvalue weighted by Crippen LogP contribution is 2.26. The van der Waals surface area contributed by atoms with Gasteiger partial charge in [-0.2, -0.15) is 0 Å². The molecule has 2 saturated heterocycles. The molecule has 0 aliphatic carbocycles. The van der Waals surface area contributed by atoms with Crippen LogP contribution in [0, 0.1) is 6.92 Å². The van der Waals surface area contributed by atoms with E-state index < -0.39 is 0 Å². The maximum atomic E-state index is 12.9. The van der Waals surface area contributed by atoms with Gasteiger partial charge in [0.1, 0.15) is 23.8 Å². The van der Waals surface area contributed by atoms with Crippen molar-refractivity contribution in [3.63, 3.8) is 0 Å². The number of carbonyl (C=O) groups is 1. The smallest absolute Gasteiger partial charge is 0.276 e. The molecule has 1 N–H and O–H groups in total. The van der Waals surface area contributed by atoms with Crippen molar-refractivity contribution in [1.29, 1.82) is 0 Å². The summed E-state index contributed by atoms with van der Waals surface area (Å²) in [6.07, 6.45) is 3.79. The predicted molar refractivity (Wildman–Crippen MR) is 128 cm³/mol. The molecule has 1 unspecified atom stereocenters. The summed E-state index contributed by atoms with van der Waals surface area (Å²) in [7, 11) is 1.62. The van der Waals surface area contributed by atoms with E-state index in [1.807, 2.05) is 43.3 Å². The van der Waals surface area contributed by atoms with Crippen LogP contribution >= 0.6 is 23.8 Å². The van der Waals surface area contributed by atoms with Crippen molar-refractivity contribution in [3.8, 4) is 11.5 Å². The highest BCUT2D eigenvalue weighted by molar-refractivity contribution is 7.80. The van der Waals surface area contributed by atoms with Gasteiger partial charge < -0.3 is 19.5 Å². The number of carbonyl (C=O) groups excluding carboxylic acids is 1. The van der Waals surface area contributed by atoms with E-state index in [1.54, 1.807) is 18.1 Å². The number of amides is 1. The molecule has 1 amide bonds. The lowest BCUT2D eigenvalue weighted by molar-refractivity contribution is -0.123. The highest BCUT2D eigenvalue weighted by Gasteiger charge is 2.33. The number of nitrogens with one attached hydrogen (secondary N) is 1. The Morgan fingerprint density at radius 1 is 1.31 bits per heavy atom. The average Bonchev–Trinajstić information content (AvgIpc) is 3.39. The number of ether oxygens (including phenoxy) is 3. The van der Waals surface area contributed by atoms with E-state index in [0.717, 1.165) is 41.9 Å². The van der Waals surface area contributed by atoms with Gasteiger partial charge in [0.05, 0.1) is 19.8 Å². The molecular formula is C24H25ClN2O4S. The van der Waals surface area contributed by atoms with E-state index in [9.17, 15) is 4.79 Å². The maximum Gasteiger partial charge on any atom is 0.276 e. The molecule has 2 fully saturated rings. The third kappa shape index (κ3) is 5.06. The number of hydrogen-bond acceptors (Lipinski definition) is 5. The summed E-state index contributed by atoms with van der Waals surface area (Å²) in [5.41, 5.74) is 3.09. The van der Waals surface area contributed by atoms with E-state index in [0.29, 0.717) is 34.7 Å². The van der Waals surface area contributed by atoms with Crippen molar-refractivity contribution in [2.24, 2.45) is 0 Å². The molecule has 2 aromatic rings. The number of thiocarbonyl (C=S) groups is 1. The number of aryl methyl sites for hydroxylation is 1. The van der Waals surface area contributed by atoms with E-state index >= 15 is 0 Å². The van der Waals surface area contributed by atoms with Crippen molar-refractivity contribution < 1.29 is 19.0 Å². The Hall–Kier alpha value is -2.61. The molecule has 2 aliphatic heterocycles. The molecular weight excluding hydrogens is 448 g/mol. The van der Waals surface area contributed by atoms with Crippen LogP contribution in [0.15, 0.2) is 42.1 Å². The monoisotopic (exact) mass is 472 g/mol. The van der Waals surface area contributed by atoms with E-state index in [-0.39, 0.29) is 12.0 Å². The van der Waals surface area contributed by atoms with Gasteiger partial charge >= 0.3 is 0 Å². The molecule has 4 rings (SSSR count). The number of benzene rings is 2. The van der Waals surface area contributed by atoms with Crippen LogP contribution in [-0.2, 0) is 16.1 Å². The van der Waals surface area contributed by atoms with Crippen LogP contribution < -0.4 is 14.8 Å². The van der Waals surface area contributed by atoms with Gasteiger partial charge in [-0.1, -0.05) is 17.7 Å². The summed E-state index contributed by atoms with van der Waals surface area (Å²) in [6, 6.07) is 11.2. The van der Waals surface area contributed by atoms with Gasteiger partial charge in [0.15, 0.2) is 5.11 Å². The first kappa shape index (κ1) is 22.6. The van der Waals surface area contributed by atoms with E-state index in [1.165, 1.54) is 0 Å². The van der Waals surface area contributed by atoms with Crippen molar-refractivity contribution in [3.05, 3.63) is 63.8 Å². The second-order valence-corrected chi connectivity index (χ2v) is 8.60. The van der Waals surface area contributed by atoms with Crippen molar-refractivity contribution in [2.45, 2.75) is 32.5 Å². The molecule has 2 aliphatic rings. The van der Waals surface area contributed by atoms with Gasteiger partial charge in [0, 0.05) is 17.2 Å². The molecule has 32 heavy (non-hydrogen) atoms. The third-order valence-corrected chi connectivity index (χ3v) is 6.26. The second-order valence-electron chi connectivity index (χ2n) is 7.81. The largest absolute Gasteiger partial charge is 0.496 e. The number of rotatable bonds is 7. The Bertz CT molecular complexity index is 1070. The van der Waals surface area contributed by atoms with Crippen molar-refractivity contribution in [2.75, 3.05) is 20.3 Å². The number of halogens is 1. The van der Waals surface area contributed by atoms with Crippen LogP contribution in [0.4, 0.5) is 0 Å². The first-order chi connectivity index (χ1) is 15.4. The summed E-state index contributed by atoms with van der Waals surface area (Å²) in [5.74, 6) is 1.29. The summed E-state index contributed by atoms with van der Waals surface area (Å²) < 4.78 is 17.1. The minimum atomic E-state index is -0.143. The first-order valence-electron chi connectivity index (χ1n) is 10.5. The zero-order chi connectivity index (χ0) is 22.7. The van der Waals surface area contributed by atoms with Crippen molar-refractivity contribution in [1.82, 2.24) is 10.2 Å². The van der Waals surface area contributed by atoms with Crippen molar-refractivity contribution >= 4 is 40.9 Å². The summed E-state index contributed by atoms with van der Waals surface area (Å²) in [4.78, 5) is 14.5. The van der Waals surface area contributed by atoms with Crippen LogP contribution in [0.2, 0.25) is 5.02 Å². The molecule has 1 atom stereocenters. The minimum Gasteiger partial charge on any atom is -0.496 e. The first-order valence-corrected chi connectivity index (χ1v) is 11.2. The Morgan fingerprint density at radius 2 is 2.16 bits per heavy atom. The van der Waals surface area contributed by atoms with Crippen LogP contribution in [0.1, 0.15) is 29.5 Å². The molecule has 6 nitrogen and oxygen atoms in total. The zero-order valence-electron chi connectivity index (χ0n) is 18.0. The Kier molecular flexibility index (Phi) is 6.98. The molecule has 8 heteroatoms. The zero-order valence-corrected chi connectivity index (χ0v) is 19.6. The van der Waals surface area contributed by atoms with Gasteiger partial charge in [-0.25, -0.2) is 0 Å². The average molecular weight is 473 g/mol. The predicted octanol–water partition coefficient (Wildman–Crippen LogP) is 4.47. The molecule has 0 saturated carbocycles. The molecule has 0 radical (unpaired) electrons. The molecule has 2 heterocycles. The lowest BCUT2D eigenvalue weighted by atomic mass is 10.1. The molecule has 0 bridgehead atoms. The Labute approximate surface area is 198 Å². The van der Waals surface area contributed by atoms with E-state index in [2.05, 4.69) is 5.32 Å². The fraction of sp³-hybridized carbons (Fsp3) is 0.333. The number of methoxy groups -OCH3 is 1. The quantitative estimate of drug-likeness (QED) is 0.474. The summed E-state index contributed by atoms with van der Waals surface area (Å²) in [6.45, 7) is 3.46. The SMILES string of the molecule is COc1ccc(/C=C2/NC(=S)N(CC3CCCO3)C2=O)cc1COc1ccc(Cl)c(C)c1. The third-order valence-electron chi connectivity index (χ3n) is 5.51.